The molecule has 0 aromatic heterocycles. The van der Waals surface area contributed by atoms with Gasteiger partial charge < -0.3 is 19.9 Å². The molecule has 2 aliphatic heterocycles. The first kappa shape index (κ1) is 23.0. The van der Waals surface area contributed by atoms with E-state index in [9.17, 15) is 4.79 Å². The monoisotopic (exact) mass is 395 g/mol. The number of halogens is 2. The Hall–Kier alpha value is -0.0700. The second kappa shape index (κ2) is 10.3. The van der Waals surface area contributed by atoms with Gasteiger partial charge in [0, 0.05) is 25.6 Å². The summed E-state index contributed by atoms with van der Waals surface area (Å²) in [6.45, 7) is 12.2. The van der Waals surface area contributed by atoms with Crippen molar-refractivity contribution in [1.82, 2.24) is 15.1 Å². The predicted molar refractivity (Wildman–Crippen MR) is 106 cm³/mol. The van der Waals surface area contributed by atoms with E-state index in [-0.39, 0.29) is 30.9 Å². The lowest BCUT2D eigenvalue weighted by molar-refractivity contribution is -0.133. The molecule has 3 fully saturated rings. The predicted octanol–water partition coefficient (Wildman–Crippen LogP) is 2.18. The van der Waals surface area contributed by atoms with Crippen LogP contribution in [0, 0.1) is 11.3 Å². The van der Waals surface area contributed by atoms with E-state index in [0.717, 1.165) is 65.3 Å². The number of nitrogens with one attached hydrogen (secondary N) is 1. The molecule has 3 aliphatic rings. The van der Waals surface area contributed by atoms with Crippen molar-refractivity contribution in [3.8, 4) is 0 Å². The number of likely N-dealkylation sites (tertiary alicyclic amines) is 1. The molecule has 2 heterocycles. The van der Waals surface area contributed by atoms with Crippen molar-refractivity contribution in [2.45, 2.75) is 45.6 Å². The van der Waals surface area contributed by atoms with Crippen LogP contribution >= 0.6 is 24.8 Å². The maximum atomic E-state index is 12.7. The molecule has 2 saturated heterocycles. The second-order valence-corrected chi connectivity index (χ2v) is 7.46. The Bertz CT molecular complexity index is 415. The number of amides is 1. The van der Waals surface area contributed by atoms with E-state index >= 15 is 0 Å². The van der Waals surface area contributed by atoms with E-state index < -0.39 is 0 Å². The maximum absolute atomic E-state index is 12.7. The molecule has 7 heteroatoms. The third-order valence-corrected chi connectivity index (χ3v) is 6.20. The topological polar surface area (TPSA) is 44.8 Å². The summed E-state index contributed by atoms with van der Waals surface area (Å²) in [4.78, 5) is 17.2. The quantitative estimate of drug-likeness (QED) is 0.717. The molecular formula is C18H35Cl2N3O2. The Morgan fingerprint density at radius 2 is 1.92 bits per heavy atom. The number of piperidine rings is 1. The number of likely N-dealkylation sites (N-methyl/N-ethyl adjacent to an activating group) is 1. The standard InChI is InChI=1S/C18H33N3O2.2ClH/c1-3-20(4-2)11-12-23-15-5-10-21(14-15)17(22)16-13-18(16)6-8-19-9-7-18;;/h15-16,19H,3-14H2,1-2H3;2*1H. The molecule has 5 nitrogen and oxygen atoms in total. The molecule has 2 atom stereocenters. The normalized spacial score (nSPS) is 27.1. The van der Waals surface area contributed by atoms with E-state index in [1.807, 2.05) is 0 Å². The summed E-state index contributed by atoms with van der Waals surface area (Å²) in [6.07, 6.45) is 4.74. The van der Waals surface area contributed by atoms with Crippen LogP contribution in [-0.2, 0) is 9.53 Å². The Labute approximate surface area is 165 Å². The number of hydrogen-bond donors (Lipinski definition) is 1. The highest BCUT2D eigenvalue weighted by molar-refractivity contribution is 5.85. The fraction of sp³-hybridized carbons (Fsp3) is 0.944. The number of nitrogens with zero attached hydrogens (tertiary/aromatic N) is 2. The summed E-state index contributed by atoms with van der Waals surface area (Å²) in [5.74, 6) is 0.709. The average molecular weight is 396 g/mol. The Morgan fingerprint density at radius 3 is 2.56 bits per heavy atom. The van der Waals surface area contributed by atoms with E-state index in [0.29, 0.717) is 17.2 Å². The zero-order chi connectivity index (χ0) is 16.3. The molecule has 3 rings (SSSR count). The highest BCUT2D eigenvalue weighted by Gasteiger charge is 2.58. The van der Waals surface area contributed by atoms with Gasteiger partial charge in [0.05, 0.1) is 12.7 Å². The van der Waals surface area contributed by atoms with Crippen molar-refractivity contribution in [3.05, 3.63) is 0 Å². The smallest absolute Gasteiger partial charge is 0.226 e. The molecule has 1 spiro atoms. The van der Waals surface area contributed by atoms with Gasteiger partial charge in [-0.3, -0.25) is 4.79 Å². The maximum Gasteiger partial charge on any atom is 0.226 e. The lowest BCUT2D eigenvalue weighted by atomic mass is 9.91. The molecule has 25 heavy (non-hydrogen) atoms. The minimum atomic E-state index is 0. The van der Waals surface area contributed by atoms with Crippen LogP contribution in [0.4, 0.5) is 0 Å². The van der Waals surface area contributed by atoms with Gasteiger partial charge in [-0.05, 0) is 57.3 Å². The minimum absolute atomic E-state index is 0. The molecule has 0 aromatic rings. The van der Waals surface area contributed by atoms with Crippen molar-refractivity contribution >= 4 is 30.7 Å². The first-order valence-corrected chi connectivity index (χ1v) is 9.52. The third-order valence-electron chi connectivity index (χ3n) is 6.20. The van der Waals surface area contributed by atoms with Gasteiger partial charge in [0.1, 0.15) is 0 Å². The molecule has 148 valence electrons. The first-order valence-electron chi connectivity index (χ1n) is 9.52. The van der Waals surface area contributed by atoms with Gasteiger partial charge in [-0.1, -0.05) is 13.8 Å². The molecule has 0 bridgehead atoms. The van der Waals surface area contributed by atoms with Crippen molar-refractivity contribution in [3.63, 3.8) is 0 Å². The zero-order valence-electron chi connectivity index (χ0n) is 15.7. The Kier molecular flexibility index (Phi) is 9.47. The number of rotatable bonds is 7. The van der Waals surface area contributed by atoms with Crippen LogP contribution in [0.1, 0.15) is 39.5 Å². The lowest BCUT2D eigenvalue weighted by Gasteiger charge is -2.25. The zero-order valence-corrected chi connectivity index (χ0v) is 17.3. The summed E-state index contributed by atoms with van der Waals surface area (Å²) >= 11 is 0. The number of carbonyl (C=O) groups is 1. The molecular weight excluding hydrogens is 361 g/mol. The van der Waals surface area contributed by atoms with E-state index in [4.69, 9.17) is 4.74 Å². The van der Waals surface area contributed by atoms with Crippen LogP contribution < -0.4 is 5.32 Å². The van der Waals surface area contributed by atoms with E-state index in [1.54, 1.807) is 0 Å². The molecule has 0 aromatic carbocycles. The molecule has 1 N–H and O–H groups in total. The number of carbonyl (C=O) groups excluding carboxylic acids is 1. The van der Waals surface area contributed by atoms with Gasteiger partial charge in [0.2, 0.25) is 5.91 Å². The van der Waals surface area contributed by atoms with Gasteiger partial charge in [-0.15, -0.1) is 24.8 Å². The van der Waals surface area contributed by atoms with Crippen molar-refractivity contribution < 1.29 is 9.53 Å². The van der Waals surface area contributed by atoms with Gasteiger partial charge in [-0.2, -0.15) is 0 Å². The second-order valence-electron chi connectivity index (χ2n) is 7.46. The molecule has 0 radical (unpaired) electrons. The SMILES string of the molecule is CCN(CC)CCOC1CCN(C(=O)C2CC23CCNCC3)C1.Cl.Cl. The Morgan fingerprint density at radius 1 is 1.24 bits per heavy atom. The van der Waals surface area contributed by atoms with Crippen molar-refractivity contribution in [2.24, 2.45) is 11.3 Å². The number of ether oxygens (including phenoxy) is 1. The van der Waals surface area contributed by atoms with Gasteiger partial charge in [-0.25, -0.2) is 0 Å². The third kappa shape index (κ3) is 5.46. The summed E-state index contributed by atoms with van der Waals surface area (Å²) in [5.41, 5.74) is 0.351. The number of hydrogen-bond acceptors (Lipinski definition) is 4. The summed E-state index contributed by atoms with van der Waals surface area (Å²) < 4.78 is 6.01. The van der Waals surface area contributed by atoms with Crippen LogP contribution in [0.25, 0.3) is 0 Å². The van der Waals surface area contributed by atoms with Crippen LogP contribution in [0.3, 0.4) is 0 Å². The van der Waals surface area contributed by atoms with Crippen LogP contribution in [-0.4, -0.2) is 74.2 Å². The van der Waals surface area contributed by atoms with Crippen molar-refractivity contribution in [1.29, 1.82) is 0 Å². The first-order chi connectivity index (χ1) is 11.2. The Balaban J connectivity index is 0.00000156. The van der Waals surface area contributed by atoms with Gasteiger partial charge >= 0.3 is 0 Å². The molecule has 2 unspecified atom stereocenters. The van der Waals surface area contributed by atoms with Crippen LogP contribution in [0.15, 0.2) is 0 Å². The van der Waals surface area contributed by atoms with E-state index in [2.05, 4.69) is 29.0 Å². The summed E-state index contributed by atoms with van der Waals surface area (Å²) in [6, 6.07) is 0. The minimum Gasteiger partial charge on any atom is -0.375 e. The highest BCUT2D eigenvalue weighted by Crippen LogP contribution is 2.59. The lowest BCUT2D eigenvalue weighted by Crippen LogP contribution is -2.36. The van der Waals surface area contributed by atoms with Gasteiger partial charge in [0.25, 0.3) is 0 Å². The molecule has 1 amide bonds. The van der Waals surface area contributed by atoms with Crippen LogP contribution in [0.2, 0.25) is 0 Å². The van der Waals surface area contributed by atoms with Crippen LogP contribution in [0.5, 0.6) is 0 Å². The fourth-order valence-electron chi connectivity index (χ4n) is 4.35. The fourth-order valence-corrected chi connectivity index (χ4v) is 4.35. The highest BCUT2D eigenvalue weighted by atomic mass is 35.5. The molecule has 1 aliphatic carbocycles. The molecule has 1 saturated carbocycles. The average Bonchev–Trinajstić information content (AvgIpc) is 3.06. The van der Waals surface area contributed by atoms with E-state index in [1.165, 1.54) is 12.8 Å². The van der Waals surface area contributed by atoms with Gasteiger partial charge in [0.15, 0.2) is 0 Å². The summed E-state index contributed by atoms with van der Waals surface area (Å²) in [5, 5.41) is 3.41. The summed E-state index contributed by atoms with van der Waals surface area (Å²) in [7, 11) is 0. The largest absolute Gasteiger partial charge is 0.375 e. The van der Waals surface area contributed by atoms with Crippen molar-refractivity contribution in [2.75, 3.05) is 52.4 Å².